The molecular weight excluding hydrogens is 361 g/mol. The molecule has 0 bridgehead atoms. The molecule has 3 heterocycles. The molecular formula is C18H23F3N4O2. The number of alkyl halides is 3. The van der Waals surface area contributed by atoms with E-state index < -0.39 is 17.8 Å². The average molecular weight is 384 g/mol. The first kappa shape index (κ1) is 18.3. The summed E-state index contributed by atoms with van der Waals surface area (Å²) in [7, 11) is 0. The molecule has 1 aromatic rings. The Hall–Kier alpha value is -2.06. The summed E-state index contributed by atoms with van der Waals surface area (Å²) in [5.74, 6) is -0.419. The van der Waals surface area contributed by atoms with Crippen LogP contribution in [-0.2, 0) is 17.4 Å². The third-order valence-corrected chi connectivity index (χ3v) is 6.15. The molecule has 0 spiro atoms. The molecule has 3 aliphatic rings. The number of nitrogens with zero attached hydrogens (tertiary/aromatic N) is 4. The van der Waals surface area contributed by atoms with E-state index in [4.69, 9.17) is 5.11 Å². The van der Waals surface area contributed by atoms with Crippen LogP contribution in [0.25, 0.3) is 0 Å². The van der Waals surface area contributed by atoms with Crippen molar-refractivity contribution in [3.05, 3.63) is 11.3 Å². The van der Waals surface area contributed by atoms with Crippen LogP contribution in [0, 0.1) is 5.92 Å². The minimum absolute atomic E-state index is 0.0454. The van der Waals surface area contributed by atoms with Gasteiger partial charge in [0.1, 0.15) is 5.82 Å². The van der Waals surface area contributed by atoms with Crippen LogP contribution in [0.2, 0.25) is 0 Å². The molecule has 3 atom stereocenters. The summed E-state index contributed by atoms with van der Waals surface area (Å²) < 4.78 is 41.0. The maximum Gasteiger partial charge on any atom is 0.433 e. The van der Waals surface area contributed by atoms with Gasteiger partial charge in [0.15, 0.2) is 5.69 Å². The number of aromatic nitrogens is 2. The van der Waals surface area contributed by atoms with Crippen molar-refractivity contribution in [2.24, 2.45) is 5.92 Å². The van der Waals surface area contributed by atoms with Gasteiger partial charge >= 0.3 is 12.1 Å². The minimum atomic E-state index is -4.53. The highest BCUT2D eigenvalue weighted by Gasteiger charge is 2.44. The average Bonchev–Trinajstić information content (AvgIpc) is 3.17. The quantitative estimate of drug-likeness (QED) is 0.860. The van der Waals surface area contributed by atoms with E-state index >= 15 is 0 Å². The van der Waals surface area contributed by atoms with E-state index in [2.05, 4.69) is 9.97 Å². The van der Waals surface area contributed by atoms with Gasteiger partial charge in [0, 0.05) is 30.7 Å². The van der Waals surface area contributed by atoms with Crippen LogP contribution in [0.3, 0.4) is 0 Å². The smallest absolute Gasteiger partial charge is 0.433 e. The molecule has 2 fully saturated rings. The topological polar surface area (TPSA) is 69.6 Å². The van der Waals surface area contributed by atoms with E-state index in [0.29, 0.717) is 18.9 Å². The van der Waals surface area contributed by atoms with Gasteiger partial charge in [-0.2, -0.15) is 18.2 Å². The van der Waals surface area contributed by atoms with E-state index in [0.717, 1.165) is 25.7 Å². The third-order valence-electron chi connectivity index (χ3n) is 6.15. The predicted molar refractivity (Wildman–Crippen MR) is 92.9 cm³/mol. The molecule has 0 unspecified atom stereocenters. The first-order valence-electron chi connectivity index (χ1n) is 9.49. The molecule has 1 N–H and O–H groups in total. The van der Waals surface area contributed by atoms with Gasteiger partial charge in [-0.05, 0) is 38.5 Å². The number of halogens is 3. The van der Waals surface area contributed by atoms with Crippen molar-refractivity contribution in [3.8, 4) is 0 Å². The van der Waals surface area contributed by atoms with Gasteiger partial charge < -0.3 is 14.9 Å². The zero-order valence-corrected chi connectivity index (χ0v) is 15.2. The second-order valence-corrected chi connectivity index (χ2v) is 7.80. The number of anilines is 2. The Bertz CT molecular complexity index is 755. The van der Waals surface area contributed by atoms with Gasteiger partial charge in [-0.3, -0.25) is 4.79 Å². The molecule has 0 radical (unpaired) electrons. The fourth-order valence-corrected chi connectivity index (χ4v) is 4.66. The summed E-state index contributed by atoms with van der Waals surface area (Å²) in [5, 5.41) is 9.17. The fourth-order valence-electron chi connectivity index (χ4n) is 4.66. The summed E-state index contributed by atoms with van der Waals surface area (Å²) in [6.45, 7) is 3.04. The summed E-state index contributed by atoms with van der Waals surface area (Å²) in [6.07, 6.45) is -0.854. The number of carboxylic acid groups (broad SMARTS) is 1. The monoisotopic (exact) mass is 384 g/mol. The lowest BCUT2D eigenvalue weighted by molar-refractivity contribution is -0.141. The summed E-state index contributed by atoms with van der Waals surface area (Å²) in [4.78, 5) is 23.3. The van der Waals surface area contributed by atoms with Gasteiger partial charge in [0.25, 0.3) is 0 Å². The lowest BCUT2D eigenvalue weighted by Gasteiger charge is -2.39. The Morgan fingerprint density at radius 2 is 1.96 bits per heavy atom. The van der Waals surface area contributed by atoms with E-state index in [1.165, 1.54) is 0 Å². The standard InChI is InChI=1S/C18H23F3N4O2/c1-10-5-7-24(10)17-22-15(18(19,20)21)12-6-8-25(16(12)23-17)13-4-2-3-11(13)9-14(26)27/h10-11,13H,2-9H2,1H3,(H,26,27)/t10-,11+,13+/m0/s1. The van der Waals surface area contributed by atoms with Crippen molar-refractivity contribution < 1.29 is 23.1 Å². The molecule has 1 aromatic heterocycles. The molecule has 0 amide bonds. The zero-order chi connectivity index (χ0) is 19.3. The van der Waals surface area contributed by atoms with Gasteiger partial charge in [-0.25, -0.2) is 4.98 Å². The highest BCUT2D eigenvalue weighted by molar-refractivity contribution is 5.67. The van der Waals surface area contributed by atoms with Crippen LogP contribution in [0.4, 0.5) is 24.9 Å². The molecule has 27 heavy (non-hydrogen) atoms. The number of rotatable bonds is 4. The Labute approximate surface area is 155 Å². The van der Waals surface area contributed by atoms with Gasteiger partial charge in [0.05, 0.1) is 6.42 Å². The second kappa shape index (κ2) is 6.53. The first-order chi connectivity index (χ1) is 12.8. The van der Waals surface area contributed by atoms with Crippen LogP contribution in [-0.4, -0.2) is 46.2 Å². The molecule has 6 nitrogen and oxygen atoms in total. The largest absolute Gasteiger partial charge is 0.481 e. The second-order valence-electron chi connectivity index (χ2n) is 7.80. The summed E-state index contributed by atoms with van der Waals surface area (Å²) >= 11 is 0. The third kappa shape index (κ3) is 3.21. The SMILES string of the molecule is C[C@H]1CCN1c1nc2c(c(C(F)(F)F)n1)CCN2[C@@H]1CCC[C@@H]1CC(=O)O. The molecule has 2 aliphatic heterocycles. The molecule has 148 valence electrons. The molecule has 1 saturated carbocycles. The lowest BCUT2D eigenvalue weighted by Crippen LogP contribution is -2.47. The van der Waals surface area contributed by atoms with Gasteiger partial charge in [-0.1, -0.05) is 6.42 Å². The minimum Gasteiger partial charge on any atom is -0.481 e. The molecule has 1 aliphatic carbocycles. The van der Waals surface area contributed by atoms with E-state index in [1.807, 2.05) is 11.8 Å². The van der Waals surface area contributed by atoms with Crippen molar-refractivity contribution in [2.75, 3.05) is 22.9 Å². The first-order valence-corrected chi connectivity index (χ1v) is 9.49. The highest BCUT2D eigenvalue weighted by Crippen LogP contribution is 2.43. The fraction of sp³-hybridized carbons (Fsp3) is 0.722. The van der Waals surface area contributed by atoms with Gasteiger partial charge in [-0.15, -0.1) is 0 Å². The summed E-state index contributed by atoms with van der Waals surface area (Å²) in [5.41, 5.74) is -0.683. The zero-order valence-electron chi connectivity index (χ0n) is 15.2. The van der Waals surface area contributed by atoms with Gasteiger partial charge in [0.2, 0.25) is 5.95 Å². The highest BCUT2D eigenvalue weighted by atomic mass is 19.4. The predicted octanol–water partition coefficient (Wildman–Crippen LogP) is 3.10. The summed E-state index contributed by atoms with van der Waals surface area (Å²) in [6, 6.07) is 0.0604. The van der Waals surface area contributed by atoms with Crippen molar-refractivity contribution in [2.45, 2.75) is 63.7 Å². The normalized spacial score (nSPS) is 27.6. The van der Waals surface area contributed by atoms with Crippen molar-refractivity contribution in [1.29, 1.82) is 0 Å². The van der Waals surface area contributed by atoms with Crippen molar-refractivity contribution in [3.63, 3.8) is 0 Å². The number of aliphatic carboxylic acids is 1. The van der Waals surface area contributed by atoms with Crippen molar-refractivity contribution in [1.82, 2.24) is 9.97 Å². The number of hydrogen-bond donors (Lipinski definition) is 1. The van der Waals surface area contributed by atoms with Crippen LogP contribution in [0.1, 0.15) is 50.3 Å². The van der Waals surface area contributed by atoms with Crippen LogP contribution in [0.15, 0.2) is 0 Å². The molecule has 4 rings (SSSR count). The van der Waals surface area contributed by atoms with Crippen molar-refractivity contribution >= 4 is 17.7 Å². The Balaban J connectivity index is 1.73. The lowest BCUT2D eigenvalue weighted by atomic mass is 9.98. The van der Waals surface area contributed by atoms with Crippen LogP contribution in [0.5, 0.6) is 0 Å². The van der Waals surface area contributed by atoms with Crippen LogP contribution >= 0.6 is 0 Å². The Morgan fingerprint density at radius 1 is 1.19 bits per heavy atom. The number of carboxylic acids is 1. The molecule has 1 saturated heterocycles. The van der Waals surface area contributed by atoms with Crippen LogP contribution < -0.4 is 9.80 Å². The maximum atomic E-state index is 13.7. The van der Waals surface area contributed by atoms with E-state index in [9.17, 15) is 18.0 Å². The maximum absolute atomic E-state index is 13.7. The number of fused-ring (bicyclic) bond motifs is 1. The molecule has 9 heteroatoms. The van der Waals surface area contributed by atoms with E-state index in [-0.39, 0.29) is 42.4 Å². The Kier molecular flexibility index (Phi) is 4.43. The number of carbonyl (C=O) groups is 1. The van der Waals surface area contributed by atoms with E-state index in [1.54, 1.807) is 4.90 Å². The molecule has 0 aromatic carbocycles. The Morgan fingerprint density at radius 3 is 2.56 bits per heavy atom. The number of hydrogen-bond acceptors (Lipinski definition) is 5.